The molecular weight excluding hydrogens is 437 g/mol. The quantitative estimate of drug-likeness (QED) is 0.578. The van der Waals surface area contributed by atoms with Crippen molar-refractivity contribution in [3.8, 4) is 17.0 Å². The first kappa shape index (κ1) is 22.2. The zero-order chi connectivity index (χ0) is 21.7. The number of carbonyl (C=O) groups excluding carboxylic acids is 2. The number of ether oxygens (including phenoxy) is 1. The first-order valence-corrected chi connectivity index (χ1v) is 10.4. The van der Waals surface area contributed by atoms with Gasteiger partial charge < -0.3 is 9.26 Å². The third-order valence-corrected chi connectivity index (χ3v) is 6.27. The highest BCUT2D eigenvalue weighted by atomic mass is 35.5. The zero-order valence-electron chi connectivity index (χ0n) is 17.7. The normalized spacial score (nSPS) is 17.1. The summed E-state index contributed by atoms with van der Waals surface area (Å²) in [7, 11) is 1.46. The summed E-state index contributed by atoms with van der Waals surface area (Å²) in [5.41, 5.74) is 2.66. The van der Waals surface area contributed by atoms with E-state index in [2.05, 4.69) is 22.3 Å². The number of rotatable bonds is 4. The molecule has 0 spiro atoms. The number of nitrogens with one attached hydrogen (secondary N) is 1. The topological polar surface area (TPSA) is 84.7 Å². The standard InChI is InChI=1S/C23H22FN3O4.ClH/c1-12(27-8-4-3-5-9-27)15-11-16-19(23(29)25-22(16)28)21(30-2)18(15)20-14-7-6-13(24)10-17(14)31-26-20;/h6-7,10-12H,3-5,8-9H2,1-2H3,(H,25,28,29);1H. The number of likely N-dealkylation sites (tertiary alicyclic amines) is 1. The van der Waals surface area contributed by atoms with Crippen LogP contribution in [0.4, 0.5) is 4.39 Å². The van der Waals surface area contributed by atoms with Crippen molar-refractivity contribution >= 4 is 35.2 Å². The van der Waals surface area contributed by atoms with Crippen LogP contribution in [-0.4, -0.2) is 42.1 Å². The molecule has 0 saturated carbocycles. The smallest absolute Gasteiger partial charge is 0.262 e. The van der Waals surface area contributed by atoms with E-state index in [1.54, 1.807) is 12.1 Å². The Balaban J connectivity index is 0.00000245. The van der Waals surface area contributed by atoms with Crippen molar-refractivity contribution in [3.63, 3.8) is 0 Å². The van der Waals surface area contributed by atoms with Gasteiger partial charge in [0.25, 0.3) is 11.8 Å². The number of carbonyl (C=O) groups is 2. The third kappa shape index (κ3) is 3.43. The minimum Gasteiger partial charge on any atom is -0.495 e. The van der Waals surface area contributed by atoms with E-state index in [-0.39, 0.29) is 29.8 Å². The molecule has 3 heterocycles. The van der Waals surface area contributed by atoms with E-state index in [0.29, 0.717) is 27.8 Å². The molecule has 5 rings (SSSR count). The van der Waals surface area contributed by atoms with E-state index in [4.69, 9.17) is 9.26 Å². The maximum atomic E-state index is 13.7. The van der Waals surface area contributed by atoms with Crippen molar-refractivity contribution in [2.45, 2.75) is 32.2 Å². The Hall–Kier alpha value is -2.97. The second kappa shape index (κ2) is 8.52. The second-order valence-corrected chi connectivity index (χ2v) is 8.02. The third-order valence-electron chi connectivity index (χ3n) is 6.27. The number of amides is 2. The second-order valence-electron chi connectivity index (χ2n) is 8.02. The van der Waals surface area contributed by atoms with Gasteiger partial charge in [0.2, 0.25) is 0 Å². The van der Waals surface area contributed by atoms with Crippen molar-refractivity contribution in [1.82, 2.24) is 15.4 Å². The fourth-order valence-corrected chi connectivity index (χ4v) is 4.69. The number of hydrogen-bond donors (Lipinski definition) is 1. The SMILES string of the molecule is COc1c2c(cc(C(C)N3CCCCC3)c1-c1noc3cc(F)ccc13)C(=O)NC2=O.Cl. The van der Waals surface area contributed by atoms with E-state index in [9.17, 15) is 14.0 Å². The predicted octanol–water partition coefficient (Wildman–Crippen LogP) is 4.49. The summed E-state index contributed by atoms with van der Waals surface area (Å²) in [5.74, 6) is -1.10. The highest BCUT2D eigenvalue weighted by Crippen LogP contribution is 2.45. The molecule has 0 bridgehead atoms. The summed E-state index contributed by atoms with van der Waals surface area (Å²) in [6.07, 6.45) is 3.40. The van der Waals surface area contributed by atoms with Gasteiger partial charge in [-0.15, -0.1) is 12.4 Å². The minimum atomic E-state index is -0.505. The molecule has 2 aliphatic rings. The molecule has 1 saturated heterocycles. The first-order valence-electron chi connectivity index (χ1n) is 10.4. The van der Waals surface area contributed by atoms with Crippen molar-refractivity contribution in [1.29, 1.82) is 0 Å². The number of piperidine rings is 1. The highest BCUT2D eigenvalue weighted by Gasteiger charge is 2.37. The maximum Gasteiger partial charge on any atom is 0.262 e. The molecule has 0 radical (unpaired) electrons. The lowest BCUT2D eigenvalue weighted by Gasteiger charge is -2.34. The molecule has 1 fully saturated rings. The summed E-state index contributed by atoms with van der Waals surface area (Å²) in [6.45, 7) is 3.96. The van der Waals surface area contributed by atoms with Crippen LogP contribution >= 0.6 is 12.4 Å². The predicted molar refractivity (Wildman–Crippen MR) is 119 cm³/mol. The van der Waals surface area contributed by atoms with Crippen LogP contribution in [0.2, 0.25) is 0 Å². The number of benzene rings is 2. The van der Waals surface area contributed by atoms with Gasteiger partial charge in [-0.3, -0.25) is 19.8 Å². The Morgan fingerprint density at radius 1 is 1.12 bits per heavy atom. The summed E-state index contributed by atoms with van der Waals surface area (Å²) < 4.78 is 24.8. The van der Waals surface area contributed by atoms with Gasteiger partial charge in [0.05, 0.1) is 29.2 Å². The van der Waals surface area contributed by atoms with Gasteiger partial charge >= 0.3 is 0 Å². The van der Waals surface area contributed by atoms with Gasteiger partial charge in [-0.05, 0) is 56.6 Å². The number of nitrogens with zero attached hydrogens (tertiary/aromatic N) is 2. The Morgan fingerprint density at radius 3 is 2.59 bits per heavy atom. The van der Waals surface area contributed by atoms with Crippen molar-refractivity contribution in [2.75, 3.05) is 20.2 Å². The van der Waals surface area contributed by atoms with E-state index < -0.39 is 17.6 Å². The molecule has 32 heavy (non-hydrogen) atoms. The van der Waals surface area contributed by atoms with Gasteiger partial charge in [0.1, 0.15) is 17.3 Å². The lowest BCUT2D eigenvalue weighted by molar-refractivity contribution is 0.0879. The Morgan fingerprint density at radius 2 is 1.88 bits per heavy atom. The van der Waals surface area contributed by atoms with E-state index in [1.807, 2.05) is 0 Å². The van der Waals surface area contributed by atoms with Crippen LogP contribution in [0.5, 0.6) is 5.75 Å². The van der Waals surface area contributed by atoms with Crippen LogP contribution in [0.15, 0.2) is 28.8 Å². The van der Waals surface area contributed by atoms with Crippen LogP contribution in [0.1, 0.15) is 58.5 Å². The van der Waals surface area contributed by atoms with E-state index >= 15 is 0 Å². The zero-order valence-corrected chi connectivity index (χ0v) is 18.6. The van der Waals surface area contributed by atoms with Gasteiger partial charge in [-0.2, -0.15) is 0 Å². The van der Waals surface area contributed by atoms with E-state index in [1.165, 1.54) is 25.7 Å². The molecule has 7 nitrogen and oxygen atoms in total. The van der Waals surface area contributed by atoms with Gasteiger partial charge in [0.15, 0.2) is 5.58 Å². The summed E-state index contributed by atoms with van der Waals surface area (Å²) in [4.78, 5) is 27.4. The number of halogens is 2. The Bertz CT molecular complexity index is 1220. The molecule has 3 aromatic rings. The molecule has 1 unspecified atom stereocenters. The Labute approximate surface area is 190 Å². The molecule has 9 heteroatoms. The fraction of sp³-hybridized carbons (Fsp3) is 0.348. The number of imide groups is 1. The summed E-state index contributed by atoms with van der Waals surface area (Å²) >= 11 is 0. The minimum absolute atomic E-state index is 0. The largest absolute Gasteiger partial charge is 0.495 e. The number of fused-ring (bicyclic) bond motifs is 2. The lowest BCUT2D eigenvalue weighted by Crippen LogP contribution is -2.32. The van der Waals surface area contributed by atoms with Crippen molar-refractivity contribution < 1.29 is 23.2 Å². The molecular formula is C23H23ClFN3O4. The molecule has 2 aromatic carbocycles. The maximum absolute atomic E-state index is 13.7. The molecule has 168 valence electrons. The van der Waals surface area contributed by atoms with Crippen molar-refractivity contribution in [2.24, 2.45) is 0 Å². The molecule has 1 atom stereocenters. The van der Waals surface area contributed by atoms with Gasteiger partial charge in [0, 0.05) is 12.1 Å². The lowest BCUT2D eigenvalue weighted by atomic mass is 9.89. The van der Waals surface area contributed by atoms with Gasteiger partial charge in [-0.1, -0.05) is 11.6 Å². The molecule has 0 aliphatic carbocycles. The molecule has 1 aromatic heterocycles. The number of methoxy groups -OCH3 is 1. The fourth-order valence-electron chi connectivity index (χ4n) is 4.69. The summed E-state index contributed by atoms with van der Waals surface area (Å²) in [5, 5.41) is 7.18. The van der Waals surface area contributed by atoms with Crippen molar-refractivity contribution in [3.05, 3.63) is 46.8 Å². The Kier molecular flexibility index (Phi) is 5.92. The van der Waals surface area contributed by atoms with Crippen LogP contribution in [0, 0.1) is 5.82 Å². The summed E-state index contributed by atoms with van der Waals surface area (Å²) in [6, 6.07) is 5.92. The van der Waals surface area contributed by atoms with Crippen LogP contribution in [0.3, 0.4) is 0 Å². The number of hydrogen-bond acceptors (Lipinski definition) is 6. The highest BCUT2D eigenvalue weighted by molar-refractivity contribution is 6.24. The molecule has 2 aliphatic heterocycles. The number of aromatic nitrogens is 1. The molecule has 1 N–H and O–H groups in total. The average molecular weight is 460 g/mol. The van der Waals surface area contributed by atoms with Crippen LogP contribution in [0.25, 0.3) is 22.2 Å². The van der Waals surface area contributed by atoms with Crippen LogP contribution in [-0.2, 0) is 0 Å². The van der Waals surface area contributed by atoms with Gasteiger partial charge in [-0.25, -0.2) is 4.39 Å². The van der Waals surface area contributed by atoms with E-state index in [0.717, 1.165) is 31.5 Å². The molecule has 2 amide bonds. The first-order chi connectivity index (χ1) is 15.0. The van der Waals surface area contributed by atoms with Crippen LogP contribution < -0.4 is 10.1 Å². The average Bonchev–Trinajstić information content (AvgIpc) is 3.32. The monoisotopic (exact) mass is 459 g/mol.